The SMILES string of the molecule is Cn1cc(C(F)(F)F)nc1-c1ccc(Cn2c(=O)[nH]c3cnc(-c4cccnc4F)nc32)cc1. The molecule has 1 N–H and O–H groups in total. The molecule has 1 aromatic carbocycles. The third-order valence-electron chi connectivity index (χ3n) is 5.23. The van der Waals surface area contributed by atoms with Gasteiger partial charge < -0.3 is 9.55 Å². The number of benzene rings is 1. The summed E-state index contributed by atoms with van der Waals surface area (Å²) in [5.41, 5.74) is 0.538. The van der Waals surface area contributed by atoms with Gasteiger partial charge in [0.25, 0.3) is 0 Å². The fourth-order valence-corrected chi connectivity index (χ4v) is 3.59. The molecule has 0 bridgehead atoms. The first kappa shape index (κ1) is 21.5. The number of halogens is 4. The van der Waals surface area contributed by atoms with Crippen molar-refractivity contribution in [1.29, 1.82) is 0 Å². The highest BCUT2D eigenvalue weighted by atomic mass is 19.4. The molecule has 5 aromatic rings. The van der Waals surface area contributed by atoms with Gasteiger partial charge in [0.1, 0.15) is 11.3 Å². The Balaban J connectivity index is 1.47. The van der Waals surface area contributed by atoms with Crippen molar-refractivity contribution in [3.63, 3.8) is 0 Å². The molecule has 0 spiro atoms. The average molecular weight is 469 g/mol. The number of aromatic amines is 1. The summed E-state index contributed by atoms with van der Waals surface area (Å²) in [6.07, 6.45) is -0.907. The van der Waals surface area contributed by atoms with E-state index in [1.54, 1.807) is 30.3 Å². The zero-order chi connectivity index (χ0) is 24.0. The number of hydrogen-bond acceptors (Lipinski definition) is 5. The second-order valence-electron chi connectivity index (χ2n) is 7.54. The Kier molecular flexibility index (Phi) is 5.00. The Labute approximate surface area is 188 Å². The molecule has 0 aliphatic carbocycles. The van der Waals surface area contributed by atoms with E-state index in [2.05, 4.69) is 24.9 Å². The van der Waals surface area contributed by atoms with Crippen LogP contribution in [-0.2, 0) is 19.8 Å². The molecule has 0 aliphatic rings. The maximum Gasteiger partial charge on any atom is 0.434 e. The maximum absolute atomic E-state index is 14.1. The lowest BCUT2D eigenvalue weighted by molar-refractivity contribution is -0.140. The number of pyridine rings is 1. The molecule has 4 heterocycles. The zero-order valence-corrected chi connectivity index (χ0v) is 17.5. The van der Waals surface area contributed by atoms with E-state index < -0.39 is 23.5 Å². The number of aryl methyl sites for hydroxylation is 1. The molecule has 0 amide bonds. The van der Waals surface area contributed by atoms with Gasteiger partial charge in [-0.2, -0.15) is 17.6 Å². The van der Waals surface area contributed by atoms with Gasteiger partial charge in [0.15, 0.2) is 17.2 Å². The summed E-state index contributed by atoms with van der Waals surface area (Å²) in [5.74, 6) is -0.486. The molecule has 0 unspecified atom stereocenters. The van der Waals surface area contributed by atoms with Crippen LogP contribution in [0.25, 0.3) is 33.9 Å². The first-order valence-electron chi connectivity index (χ1n) is 9.97. The fourth-order valence-electron chi connectivity index (χ4n) is 3.59. The topological polar surface area (TPSA) is 94.3 Å². The van der Waals surface area contributed by atoms with Crippen LogP contribution in [-0.4, -0.2) is 34.1 Å². The van der Waals surface area contributed by atoms with Gasteiger partial charge in [0.05, 0.1) is 18.3 Å². The van der Waals surface area contributed by atoms with E-state index in [9.17, 15) is 22.4 Å². The van der Waals surface area contributed by atoms with Gasteiger partial charge >= 0.3 is 11.9 Å². The van der Waals surface area contributed by atoms with Gasteiger partial charge in [0.2, 0.25) is 5.95 Å². The number of aromatic nitrogens is 7. The summed E-state index contributed by atoms with van der Waals surface area (Å²) < 4.78 is 55.6. The quantitative estimate of drug-likeness (QED) is 0.319. The Morgan fingerprint density at radius 1 is 1.06 bits per heavy atom. The number of hydrogen-bond donors (Lipinski definition) is 1. The Morgan fingerprint density at radius 3 is 2.50 bits per heavy atom. The van der Waals surface area contributed by atoms with E-state index in [-0.39, 0.29) is 29.4 Å². The summed E-state index contributed by atoms with van der Waals surface area (Å²) in [5, 5.41) is 0. The van der Waals surface area contributed by atoms with Crippen molar-refractivity contribution in [3.8, 4) is 22.8 Å². The number of imidazole rings is 2. The van der Waals surface area contributed by atoms with Crippen LogP contribution in [0.2, 0.25) is 0 Å². The predicted molar refractivity (Wildman–Crippen MR) is 114 cm³/mol. The number of nitrogens with one attached hydrogen (secondary N) is 1. The van der Waals surface area contributed by atoms with E-state index in [0.717, 1.165) is 6.20 Å². The second-order valence-corrected chi connectivity index (χ2v) is 7.54. The predicted octanol–water partition coefficient (Wildman–Crippen LogP) is 3.79. The molecule has 4 aromatic heterocycles. The minimum absolute atomic E-state index is 0.0800. The van der Waals surface area contributed by atoms with Crippen molar-refractivity contribution in [2.45, 2.75) is 12.7 Å². The average Bonchev–Trinajstić information content (AvgIpc) is 3.34. The van der Waals surface area contributed by atoms with Crippen LogP contribution in [0.5, 0.6) is 0 Å². The first-order chi connectivity index (χ1) is 16.2. The minimum atomic E-state index is -4.54. The lowest BCUT2D eigenvalue weighted by Crippen LogP contribution is -2.17. The summed E-state index contributed by atoms with van der Waals surface area (Å²) in [6.45, 7) is 0.124. The minimum Gasteiger partial charge on any atom is -0.333 e. The smallest absolute Gasteiger partial charge is 0.333 e. The van der Waals surface area contributed by atoms with Crippen LogP contribution in [0.4, 0.5) is 17.6 Å². The normalized spacial score (nSPS) is 11.9. The third-order valence-corrected chi connectivity index (χ3v) is 5.23. The highest BCUT2D eigenvalue weighted by Crippen LogP contribution is 2.30. The molecule has 8 nitrogen and oxygen atoms in total. The van der Waals surface area contributed by atoms with Crippen molar-refractivity contribution < 1.29 is 17.6 Å². The van der Waals surface area contributed by atoms with Crippen LogP contribution in [0.1, 0.15) is 11.3 Å². The van der Waals surface area contributed by atoms with Crippen LogP contribution in [0.3, 0.4) is 0 Å². The maximum atomic E-state index is 14.1. The molecular formula is C22H15F4N7O. The first-order valence-corrected chi connectivity index (χ1v) is 9.97. The Morgan fingerprint density at radius 2 is 1.82 bits per heavy atom. The van der Waals surface area contributed by atoms with Crippen LogP contribution in [0, 0.1) is 5.95 Å². The monoisotopic (exact) mass is 469 g/mol. The van der Waals surface area contributed by atoms with Gasteiger partial charge in [-0.15, -0.1) is 0 Å². The van der Waals surface area contributed by atoms with Crippen molar-refractivity contribution in [2.24, 2.45) is 7.05 Å². The van der Waals surface area contributed by atoms with Gasteiger partial charge in [-0.25, -0.2) is 24.7 Å². The van der Waals surface area contributed by atoms with Crippen LogP contribution < -0.4 is 5.69 Å². The molecule has 0 atom stereocenters. The van der Waals surface area contributed by atoms with Gasteiger partial charge in [-0.1, -0.05) is 24.3 Å². The molecule has 12 heteroatoms. The van der Waals surface area contributed by atoms with Gasteiger partial charge in [-0.05, 0) is 17.7 Å². The molecular weight excluding hydrogens is 454 g/mol. The van der Waals surface area contributed by atoms with Gasteiger partial charge in [0, 0.05) is 25.0 Å². The van der Waals surface area contributed by atoms with Crippen molar-refractivity contribution >= 4 is 11.2 Å². The molecule has 0 fully saturated rings. The molecule has 0 saturated carbocycles. The molecule has 0 radical (unpaired) electrons. The summed E-state index contributed by atoms with van der Waals surface area (Å²) in [4.78, 5) is 30.9. The molecule has 5 rings (SSSR count). The highest BCUT2D eigenvalue weighted by molar-refractivity contribution is 5.72. The third kappa shape index (κ3) is 3.83. The van der Waals surface area contributed by atoms with Crippen LogP contribution in [0.15, 0.2) is 59.8 Å². The molecule has 0 saturated heterocycles. The van der Waals surface area contributed by atoms with Crippen molar-refractivity contribution in [3.05, 3.63) is 82.7 Å². The lowest BCUT2D eigenvalue weighted by Gasteiger charge is -2.07. The lowest BCUT2D eigenvalue weighted by atomic mass is 10.1. The van der Waals surface area contributed by atoms with Crippen molar-refractivity contribution in [2.75, 3.05) is 0 Å². The van der Waals surface area contributed by atoms with E-state index in [1.807, 2.05) is 0 Å². The summed E-state index contributed by atoms with van der Waals surface area (Å²) >= 11 is 0. The Bertz CT molecular complexity index is 1570. The molecule has 0 aliphatic heterocycles. The van der Waals surface area contributed by atoms with Crippen molar-refractivity contribution in [1.82, 2.24) is 34.1 Å². The number of H-pyrrole nitrogens is 1. The standard InChI is InChI=1S/C22H15F4N7O/c1-32-11-16(22(24,25)26)30-19(32)13-6-4-12(5-7-13)10-33-20-15(29-21(33)34)9-28-18(31-20)14-3-2-8-27-17(14)23/h2-9,11H,10H2,1H3,(H,29,34). The number of nitrogens with zero attached hydrogens (tertiary/aromatic N) is 6. The van der Waals surface area contributed by atoms with Gasteiger partial charge in [-0.3, -0.25) is 4.57 Å². The van der Waals surface area contributed by atoms with E-state index in [1.165, 1.54) is 34.6 Å². The number of fused-ring (bicyclic) bond motifs is 1. The molecule has 172 valence electrons. The van der Waals surface area contributed by atoms with Crippen LogP contribution >= 0.6 is 0 Å². The highest BCUT2D eigenvalue weighted by Gasteiger charge is 2.34. The number of alkyl halides is 3. The van der Waals surface area contributed by atoms with E-state index in [0.29, 0.717) is 16.6 Å². The summed E-state index contributed by atoms with van der Waals surface area (Å²) in [6, 6.07) is 9.67. The fraction of sp³-hybridized carbons (Fsp3) is 0.136. The largest absolute Gasteiger partial charge is 0.434 e. The zero-order valence-electron chi connectivity index (χ0n) is 17.5. The number of rotatable bonds is 4. The van der Waals surface area contributed by atoms with E-state index in [4.69, 9.17) is 0 Å². The summed E-state index contributed by atoms with van der Waals surface area (Å²) in [7, 11) is 1.49. The molecule has 34 heavy (non-hydrogen) atoms. The Hall–Kier alpha value is -4.35. The second kappa shape index (κ2) is 7.90. The van der Waals surface area contributed by atoms with E-state index >= 15 is 0 Å².